The van der Waals surface area contributed by atoms with Crippen molar-refractivity contribution >= 4 is 25.7 Å². The fourth-order valence-corrected chi connectivity index (χ4v) is 8.37. The lowest BCUT2D eigenvalue weighted by Crippen LogP contribution is -2.30. The summed E-state index contributed by atoms with van der Waals surface area (Å²) >= 11 is 0. The first-order valence-electron chi connectivity index (χ1n) is 26.6. The van der Waals surface area contributed by atoms with Crippen LogP contribution in [0.15, 0.2) is 12.2 Å². The smallest absolute Gasteiger partial charge is 0.462 e. The Bertz CT molecular complexity index is 1130. The minimum Gasteiger partial charge on any atom is -0.462 e. The molecule has 64 heavy (non-hydrogen) atoms. The van der Waals surface area contributed by atoms with Crippen molar-refractivity contribution in [2.75, 3.05) is 26.4 Å². The number of esters is 3. The van der Waals surface area contributed by atoms with Crippen LogP contribution in [0.25, 0.3) is 0 Å². The summed E-state index contributed by atoms with van der Waals surface area (Å²) in [6.45, 7) is 4.63. The van der Waals surface area contributed by atoms with Crippen LogP contribution in [-0.4, -0.2) is 66.5 Å². The second-order valence-electron chi connectivity index (χ2n) is 18.1. The standard InChI is InChI=1S/C52H99O11P/c1-4-7-10-13-16-19-22-24-27-29-32-35-38-41-50(54)59-45-49(63-52(56)43-40-37-34-31-28-25-23-20-17-14-11-8-5-2)47-61-64(57,58)60-46-48(44-53)62-51(55)42-39-36-33-30-26-21-18-15-12-9-6-3/h19,22,48-49,53H,4-18,20-21,23-47H2,1-3H3,(H,57,58)/b22-19-. The summed E-state index contributed by atoms with van der Waals surface area (Å²) in [4.78, 5) is 48.3. The van der Waals surface area contributed by atoms with E-state index in [-0.39, 0.29) is 25.9 Å². The second kappa shape index (κ2) is 47.7. The molecule has 0 aliphatic rings. The fourth-order valence-electron chi connectivity index (χ4n) is 7.59. The largest absolute Gasteiger partial charge is 0.472 e. The number of hydrogen-bond acceptors (Lipinski definition) is 10. The molecule has 0 bridgehead atoms. The molecule has 0 aliphatic carbocycles. The summed E-state index contributed by atoms with van der Waals surface area (Å²) in [6, 6.07) is 0. The van der Waals surface area contributed by atoms with Gasteiger partial charge in [0.05, 0.1) is 19.8 Å². The molecule has 0 amide bonds. The van der Waals surface area contributed by atoms with Crippen molar-refractivity contribution in [2.45, 2.75) is 277 Å². The molecule has 0 aromatic carbocycles. The third-order valence-corrected chi connectivity index (χ3v) is 12.6. The van der Waals surface area contributed by atoms with Crippen molar-refractivity contribution < 1.29 is 52.2 Å². The van der Waals surface area contributed by atoms with Gasteiger partial charge in [-0.05, 0) is 44.9 Å². The second-order valence-corrected chi connectivity index (χ2v) is 19.5. The molecule has 3 atom stereocenters. The summed E-state index contributed by atoms with van der Waals surface area (Å²) in [5.41, 5.74) is 0. The summed E-state index contributed by atoms with van der Waals surface area (Å²) in [7, 11) is -4.73. The van der Waals surface area contributed by atoms with Crippen molar-refractivity contribution in [3.05, 3.63) is 12.2 Å². The minimum absolute atomic E-state index is 0.174. The number of carbonyl (C=O) groups excluding carboxylic acids is 3. The Morgan fingerprint density at radius 3 is 1.09 bits per heavy atom. The van der Waals surface area contributed by atoms with E-state index < -0.39 is 57.8 Å². The zero-order valence-electron chi connectivity index (χ0n) is 41.5. The van der Waals surface area contributed by atoms with E-state index in [2.05, 4.69) is 32.9 Å². The zero-order chi connectivity index (χ0) is 47.0. The van der Waals surface area contributed by atoms with Gasteiger partial charge in [-0.2, -0.15) is 0 Å². The van der Waals surface area contributed by atoms with Crippen LogP contribution in [0, 0.1) is 0 Å². The third kappa shape index (κ3) is 45.4. The van der Waals surface area contributed by atoms with Gasteiger partial charge >= 0.3 is 25.7 Å². The van der Waals surface area contributed by atoms with Crippen molar-refractivity contribution in [3.63, 3.8) is 0 Å². The number of rotatable bonds is 50. The number of aliphatic hydroxyl groups excluding tert-OH is 1. The number of phosphoric ester groups is 1. The highest BCUT2D eigenvalue weighted by Gasteiger charge is 2.28. The number of hydrogen-bond donors (Lipinski definition) is 2. The lowest BCUT2D eigenvalue weighted by molar-refractivity contribution is -0.161. The van der Waals surface area contributed by atoms with Gasteiger partial charge in [-0.1, -0.05) is 213 Å². The van der Waals surface area contributed by atoms with Gasteiger partial charge < -0.3 is 24.2 Å². The summed E-state index contributed by atoms with van der Waals surface area (Å²) in [5.74, 6) is -1.45. The van der Waals surface area contributed by atoms with Crippen molar-refractivity contribution in [1.29, 1.82) is 0 Å². The quantitative estimate of drug-likeness (QED) is 0.0197. The van der Waals surface area contributed by atoms with E-state index in [1.54, 1.807) is 0 Å². The average molecular weight is 931 g/mol. The summed E-state index contributed by atoms with van der Waals surface area (Å²) in [6.07, 6.45) is 43.2. The van der Waals surface area contributed by atoms with Crippen LogP contribution in [0.2, 0.25) is 0 Å². The first-order chi connectivity index (χ1) is 31.2. The van der Waals surface area contributed by atoms with Gasteiger partial charge in [0.2, 0.25) is 0 Å². The summed E-state index contributed by atoms with van der Waals surface area (Å²) < 4.78 is 39.3. The van der Waals surface area contributed by atoms with E-state index in [1.807, 2.05) is 0 Å². The first-order valence-corrected chi connectivity index (χ1v) is 28.1. The zero-order valence-corrected chi connectivity index (χ0v) is 42.4. The van der Waals surface area contributed by atoms with Gasteiger partial charge in [-0.3, -0.25) is 23.4 Å². The molecular weight excluding hydrogens is 832 g/mol. The Kier molecular flexibility index (Phi) is 46.4. The molecule has 0 aliphatic heterocycles. The van der Waals surface area contributed by atoms with Gasteiger partial charge in [0.25, 0.3) is 0 Å². The molecule has 0 radical (unpaired) electrons. The van der Waals surface area contributed by atoms with Gasteiger partial charge in [0, 0.05) is 19.3 Å². The highest BCUT2D eigenvalue weighted by molar-refractivity contribution is 7.47. The number of allylic oxidation sites excluding steroid dienone is 2. The molecule has 0 heterocycles. The molecule has 0 aromatic heterocycles. The Labute approximate surface area is 392 Å². The third-order valence-electron chi connectivity index (χ3n) is 11.7. The SMILES string of the molecule is CCCCCC/C=C\CCCCCCCC(=O)OCC(COP(=O)(O)OCC(CO)OC(=O)CCCCCCCCCCCCC)OC(=O)CCCCCCCCCCCCCCC. The van der Waals surface area contributed by atoms with E-state index in [1.165, 1.54) is 128 Å². The molecule has 0 aromatic rings. The minimum atomic E-state index is -4.73. The molecule has 0 rings (SSSR count). The maximum absolute atomic E-state index is 12.8. The van der Waals surface area contributed by atoms with Gasteiger partial charge in [0.15, 0.2) is 6.10 Å². The average Bonchev–Trinajstić information content (AvgIpc) is 3.28. The predicted octanol–water partition coefficient (Wildman–Crippen LogP) is 14.9. The molecule has 3 unspecified atom stereocenters. The highest BCUT2D eigenvalue weighted by Crippen LogP contribution is 2.43. The van der Waals surface area contributed by atoms with Gasteiger partial charge in [-0.15, -0.1) is 0 Å². The van der Waals surface area contributed by atoms with Crippen LogP contribution < -0.4 is 0 Å². The Morgan fingerprint density at radius 1 is 0.422 bits per heavy atom. The topological polar surface area (TPSA) is 155 Å². The van der Waals surface area contributed by atoms with Gasteiger partial charge in [0.1, 0.15) is 12.7 Å². The van der Waals surface area contributed by atoms with E-state index >= 15 is 0 Å². The Hall–Kier alpha value is -1.78. The molecule has 12 heteroatoms. The van der Waals surface area contributed by atoms with Crippen molar-refractivity contribution in [3.8, 4) is 0 Å². The highest BCUT2D eigenvalue weighted by atomic mass is 31.2. The van der Waals surface area contributed by atoms with E-state index in [0.29, 0.717) is 19.3 Å². The van der Waals surface area contributed by atoms with Crippen LogP contribution in [0.4, 0.5) is 0 Å². The van der Waals surface area contributed by atoms with Crippen molar-refractivity contribution in [1.82, 2.24) is 0 Å². The Morgan fingerprint density at radius 2 is 0.719 bits per heavy atom. The molecular formula is C52H99O11P. The first kappa shape index (κ1) is 62.2. The van der Waals surface area contributed by atoms with E-state index in [0.717, 1.165) is 77.0 Å². The predicted molar refractivity (Wildman–Crippen MR) is 261 cm³/mol. The lowest BCUT2D eigenvalue weighted by atomic mass is 10.0. The van der Waals surface area contributed by atoms with Crippen LogP contribution in [0.5, 0.6) is 0 Å². The number of phosphoric acid groups is 1. The van der Waals surface area contributed by atoms with Crippen LogP contribution in [0.1, 0.15) is 265 Å². The van der Waals surface area contributed by atoms with Crippen LogP contribution >= 0.6 is 7.82 Å². The number of carbonyl (C=O) groups is 3. The molecule has 378 valence electrons. The molecule has 0 fully saturated rings. The van der Waals surface area contributed by atoms with E-state index in [4.69, 9.17) is 23.3 Å². The van der Waals surface area contributed by atoms with Crippen molar-refractivity contribution in [2.24, 2.45) is 0 Å². The maximum Gasteiger partial charge on any atom is 0.472 e. The molecule has 2 N–H and O–H groups in total. The fraction of sp³-hybridized carbons (Fsp3) is 0.904. The Balaban J connectivity index is 4.71. The molecule has 0 saturated carbocycles. The number of aliphatic hydroxyl groups is 1. The van der Waals surface area contributed by atoms with E-state index in [9.17, 15) is 28.9 Å². The molecule has 0 spiro atoms. The maximum atomic E-state index is 12.8. The van der Waals surface area contributed by atoms with Gasteiger partial charge in [-0.25, -0.2) is 4.57 Å². The van der Waals surface area contributed by atoms with Crippen LogP contribution in [0.3, 0.4) is 0 Å². The number of unbranched alkanes of at least 4 members (excludes halogenated alkanes) is 31. The molecule has 0 saturated heterocycles. The van der Waals surface area contributed by atoms with Crippen LogP contribution in [-0.2, 0) is 42.2 Å². The summed E-state index contributed by atoms with van der Waals surface area (Å²) in [5, 5.41) is 9.76. The normalized spacial score (nSPS) is 13.5. The lowest BCUT2D eigenvalue weighted by Gasteiger charge is -2.21. The molecule has 11 nitrogen and oxygen atoms in total. The monoisotopic (exact) mass is 931 g/mol. The number of ether oxygens (including phenoxy) is 3.